The third-order valence-corrected chi connectivity index (χ3v) is 4.84. The van der Waals surface area contributed by atoms with Gasteiger partial charge in [0.05, 0.1) is 29.5 Å². The second-order valence-corrected chi connectivity index (χ2v) is 6.65. The average molecular weight is 379 g/mol. The van der Waals surface area contributed by atoms with Crippen LogP contribution in [0.4, 0.5) is 11.5 Å². The zero-order chi connectivity index (χ0) is 19.5. The molecule has 144 valence electrons. The van der Waals surface area contributed by atoms with E-state index >= 15 is 0 Å². The summed E-state index contributed by atoms with van der Waals surface area (Å²) in [4.78, 5) is 12.8. The standard InChI is InChI=1S/C20H21N5O3/c21-20-19(15-4-2-1-3-5-15)18(14-23-10-12-28-13-11-23)22-24(20)16-6-8-17(9-7-16)25(26)27/h1-9H,10-14,21H2. The molecule has 1 aromatic heterocycles. The van der Waals surface area contributed by atoms with Crippen LogP contribution < -0.4 is 5.73 Å². The van der Waals surface area contributed by atoms with Crippen molar-refractivity contribution in [1.29, 1.82) is 0 Å². The number of nitrogens with zero attached hydrogens (tertiary/aromatic N) is 4. The van der Waals surface area contributed by atoms with Gasteiger partial charge in [0.1, 0.15) is 5.82 Å². The van der Waals surface area contributed by atoms with Crippen LogP contribution in [0.2, 0.25) is 0 Å². The number of benzene rings is 2. The van der Waals surface area contributed by atoms with Crippen LogP contribution in [-0.4, -0.2) is 45.9 Å². The largest absolute Gasteiger partial charge is 0.383 e. The van der Waals surface area contributed by atoms with E-state index in [1.54, 1.807) is 16.8 Å². The van der Waals surface area contributed by atoms with Gasteiger partial charge in [-0.2, -0.15) is 5.10 Å². The summed E-state index contributed by atoms with van der Waals surface area (Å²) in [5.41, 5.74) is 9.99. The van der Waals surface area contributed by atoms with E-state index < -0.39 is 4.92 Å². The highest BCUT2D eigenvalue weighted by atomic mass is 16.6. The van der Waals surface area contributed by atoms with Gasteiger partial charge in [0.15, 0.2) is 0 Å². The van der Waals surface area contributed by atoms with Crippen molar-refractivity contribution in [3.05, 3.63) is 70.4 Å². The quantitative estimate of drug-likeness (QED) is 0.540. The van der Waals surface area contributed by atoms with Gasteiger partial charge in [-0.3, -0.25) is 15.0 Å². The van der Waals surface area contributed by atoms with E-state index in [1.165, 1.54) is 12.1 Å². The Hall–Kier alpha value is -3.23. The van der Waals surface area contributed by atoms with E-state index in [1.807, 2.05) is 30.3 Å². The molecule has 0 radical (unpaired) electrons. The highest BCUT2D eigenvalue weighted by Gasteiger charge is 2.21. The van der Waals surface area contributed by atoms with E-state index in [0.717, 1.165) is 29.9 Å². The maximum atomic E-state index is 10.9. The lowest BCUT2D eigenvalue weighted by molar-refractivity contribution is -0.384. The summed E-state index contributed by atoms with van der Waals surface area (Å²) in [7, 11) is 0. The van der Waals surface area contributed by atoms with Gasteiger partial charge < -0.3 is 10.5 Å². The number of nitro benzene ring substituents is 1. The minimum Gasteiger partial charge on any atom is -0.383 e. The summed E-state index contributed by atoms with van der Waals surface area (Å²) in [6, 6.07) is 16.2. The molecular weight excluding hydrogens is 358 g/mol. The van der Waals surface area contributed by atoms with Crippen molar-refractivity contribution < 1.29 is 9.66 Å². The maximum Gasteiger partial charge on any atom is 0.269 e. The van der Waals surface area contributed by atoms with Gasteiger partial charge in [0, 0.05) is 37.3 Å². The number of nitrogen functional groups attached to an aromatic ring is 1. The number of nitrogens with two attached hydrogens (primary N) is 1. The van der Waals surface area contributed by atoms with Crippen LogP contribution >= 0.6 is 0 Å². The Morgan fingerprint density at radius 1 is 1.07 bits per heavy atom. The van der Waals surface area contributed by atoms with Crippen molar-refractivity contribution in [1.82, 2.24) is 14.7 Å². The molecule has 3 aromatic rings. The Balaban J connectivity index is 1.76. The van der Waals surface area contributed by atoms with Gasteiger partial charge in [0.25, 0.3) is 5.69 Å². The van der Waals surface area contributed by atoms with Crippen LogP contribution in [0.15, 0.2) is 54.6 Å². The second-order valence-electron chi connectivity index (χ2n) is 6.65. The number of aromatic nitrogens is 2. The van der Waals surface area contributed by atoms with Gasteiger partial charge in [-0.1, -0.05) is 30.3 Å². The predicted molar refractivity (Wildman–Crippen MR) is 106 cm³/mol. The predicted octanol–water partition coefficient (Wildman–Crippen LogP) is 2.86. The fourth-order valence-electron chi connectivity index (χ4n) is 3.39. The van der Waals surface area contributed by atoms with Crippen molar-refractivity contribution in [2.24, 2.45) is 0 Å². The van der Waals surface area contributed by atoms with Gasteiger partial charge in [-0.25, -0.2) is 4.68 Å². The van der Waals surface area contributed by atoms with Gasteiger partial charge in [0.2, 0.25) is 0 Å². The van der Waals surface area contributed by atoms with Crippen molar-refractivity contribution >= 4 is 11.5 Å². The number of nitro groups is 1. The van der Waals surface area contributed by atoms with Crippen molar-refractivity contribution in [3.63, 3.8) is 0 Å². The summed E-state index contributed by atoms with van der Waals surface area (Å²) in [5, 5.41) is 15.7. The number of ether oxygens (including phenoxy) is 1. The number of morpholine rings is 1. The van der Waals surface area contributed by atoms with Crippen molar-refractivity contribution in [2.45, 2.75) is 6.54 Å². The summed E-state index contributed by atoms with van der Waals surface area (Å²) in [5.74, 6) is 0.517. The molecule has 2 heterocycles. The summed E-state index contributed by atoms with van der Waals surface area (Å²) in [6.07, 6.45) is 0. The molecule has 0 bridgehead atoms. The van der Waals surface area contributed by atoms with E-state index in [9.17, 15) is 10.1 Å². The van der Waals surface area contributed by atoms with Crippen LogP contribution in [0.3, 0.4) is 0 Å². The molecule has 8 heteroatoms. The molecule has 1 fully saturated rings. The first-order valence-corrected chi connectivity index (χ1v) is 9.11. The molecule has 0 unspecified atom stereocenters. The number of non-ortho nitro benzene ring substituents is 1. The number of rotatable bonds is 5. The molecule has 1 aliphatic rings. The summed E-state index contributed by atoms with van der Waals surface area (Å²) < 4.78 is 7.09. The molecule has 8 nitrogen and oxygen atoms in total. The molecule has 0 amide bonds. The van der Waals surface area contributed by atoms with E-state index in [2.05, 4.69) is 4.90 Å². The lowest BCUT2D eigenvalue weighted by Crippen LogP contribution is -2.35. The number of anilines is 1. The Labute approximate surface area is 162 Å². The highest BCUT2D eigenvalue weighted by molar-refractivity contribution is 5.77. The van der Waals surface area contributed by atoms with Gasteiger partial charge in [-0.05, 0) is 17.7 Å². The van der Waals surface area contributed by atoms with E-state index in [0.29, 0.717) is 31.3 Å². The molecule has 0 aliphatic carbocycles. The molecule has 2 aromatic carbocycles. The lowest BCUT2D eigenvalue weighted by Gasteiger charge is -2.26. The smallest absolute Gasteiger partial charge is 0.269 e. The first-order chi connectivity index (χ1) is 13.6. The zero-order valence-electron chi connectivity index (χ0n) is 15.3. The van der Waals surface area contributed by atoms with Crippen molar-refractivity contribution in [2.75, 3.05) is 32.0 Å². The maximum absolute atomic E-state index is 10.9. The highest BCUT2D eigenvalue weighted by Crippen LogP contribution is 2.32. The molecule has 1 aliphatic heterocycles. The molecule has 0 saturated carbocycles. The minimum absolute atomic E-state index is 0.0336. The molecule has 0 spiro atoms. The van der Waals surface area contributed by atoms with Gasteiger partial charge in [-0.15, -0.1) is 0 Å². The molecule has 4 rings (SSSR count). The Bertz CT molecular complexity index is 964. The number of hydrogen-bond acceptors (Lipinski definition) is 6. The normalized spacial score (nSPS) is 14.9. The molecule has 2 N–H and O–H groups in total. The summed E-state index contributed by atoms with van der Waals surface area (Å²) >= 11 is 0. The average Bonchev–Trinajstić information content (AvgIpc) is 3.05. The summed E-state index contributed by atoms with van der Waals surface area (Å²) in [6.45, 7) is 3.77. The van der Waals surface area contributed by atoms with Gasteiger partial charge >= 0.3 is 0 Å². The third-order valence-electron chi connectivity index (χ3n) is 4.84. The zero-order valence-corrected chi connectivity index (χ0v) is 15.3. The van der Waals surface area contributed by atoms with E-state index in [4.69, 9.17) is 15.6 Å². The Morgan fingerprint density at radius 2 is 1.75 bits per heavy atom. The van der Waals surface area contributed by atoms with Crippen molar-refractivity contribution in [3.8, 4) is 16.8 Å². The molecule has 1 saturated heterocycles. The minimum atomic E-state index is -0.421. The lowest BCUT2D eigenvalue weighted by atomic mass is 10.0. The first-order valence-electron chi connectivity index (χ1n) is 9.11. The van der Waals surface area contributed by atoms with Crippen LogP contribution in [0, 0.1) is 10.1 Å². The Kier molecular flexibility index (Phi) is 5.05. The number of hydrogen-bond donors (Lipinski definition) is 1. The van der Waals surface area contributed by atoms with Crippen LogP contribution in [0.5, 0.6) is 0 Å². The fourth-order valence-corrected chi connectivity index (χ4v) is 3.39. The van der Waals surface area contributed by atoms with Crippen LogP contribution in [0.25, 0.3) is 16.8 Å². The van der Waals surface area contributed by atoms with Crippen LogP contribution in [-0.2, 0) is 11.3 Å². The Morgan fingerprint density at radius 3 is 2.39 bits per heavy atom. The molecule has 0 atom stereocenters. The third kappa shape index (κ3) is 3.60. The van der Waals surface area contributed by atoms with E-state index in [-0.39, 0.29) is 5.69 Å². The molecule has 28 heavy (non-hydrogen) atoms. The van der Waals surface area contributed by atoms with Crippen LogP contribution in [0.1, 0.15) is 5.69 Å². The fraction of sp³-hybridized carbons (Fsp3) is 0.250. The topological polar surface area (TPSA) is 99.4 Å². The second kappa shape index (κ2) is 7.79. The first kappa shape index (κ1) is 18.1. The SMILES string of the molecule is Nc1c(-c2ccccc2)c(CN2CCOCC2)nn1-c1ccc([N+](=O)[O-])cc1. The monoisotopic (exact) mass is 379 g/mol. The molecular formula is C20H21N5O3.